The molecule has 1 N–H and O–H groups in total. The number of hydrogen-bond acceptors (Lipinski definition) is 3. The Labute approximate surface area is 131 Å². The number of carbonyl (C=O) groups is 1. The van der Waals surface area contributed by atoms with E-state index in [2.05, 4.69) is 5.32 Å². The van der Waals surface area contributed by atoms with E-state index in [1.165, 1.54) is 37.1 Å². The van der Waals surface area contributed by atoms with Gasteiger partial charge in [-0.3, -0.25) is 4.79 Å². The highest BCUT2D eigenvalue weighted by Gasteiger charge is 2.29. The first kappa shape index (κ1) is 17.1. The number of nitrogens with one attached hydrogen (secondary N) is 1. The second-order valence-electron chi connectivity index (χ2n) is 5.20. The Kier molecular flexibility index (Phi) is 6.14. The quantitative estimate of drug-likeness (QED) is 0.580. The Morgan fingerprint density at radius 1 is 1.27 bits per heavy atom. The third-order valence-corrected chi connectivity index (χ3v) is 3.89. The predicted molar refractivity (Wildman–Crippen MR) is 78.8 cm³/mol. The number of alkyl halides is 3. The van der Waals surface area contributed by atoms with Gasteiger partial charge in [-0.2, -0.15) is 13.2 Å². The second kappa shape index (κ2) is 7.87. The van der Waals surface area contributed by atoms with Crippen molar-refractivity contribution in [3.8, 4) is 0 Å². The molecular formula is C15H18F3NO2S. The van der Waals surface area contributed by atoms with Crippen LogP contribution in [0.1, 0.15) is 29.6 Å². The lowest BCUT2D eigenvalue weighted by Crippen LogP contribution is -2.25. The largest absolute Gasteiger partial charge is 0.446 e. The third kappa shape index (κ3) is 6.70. The molecule has 0 heterocycles. The van der Waals surface area contributed by atoms with Gasteiger partial charge < -0.3 is 10.1 Å². The molecule has 0 radical (unpaired) electrons. The van der Waals surface area contributed by atoms with Crippen LogP contribution in [-0.4, -0.2) is 31.2 Å². The van der Waals surface area contributed by atoms with Crippen molar-refractivity contribution in [1.82, 2.24) is 5.32 Å². The van der Waals surface area contributed by atoms with Crippen LogP contribution in [0.4, 0.5) is 13.2 Å². The highest BCUT2D eigenvalue weighted by Crippen LogP contribution is 2.36. The maximum absolute atomic E-state index is 12.2. The summed E-state index contributed by atoms with van der Waals surface area (Å²) in [6.45, 7) is 1.90. The molecule has 3 nitrogen and oxygen atoms in total. The maximum Gasteiger partial charge on any atom is 0.446 e. The normalized spacial score (nSPS) is 14.9. The molecule has 1 aliphatic rings. The number of halogens is 3. The lowest BCUT2D eigenvalue weighted by Gasteiger charge is -2.08. The molecule has 7 heteroatoms. The topological polar surface area (TPSA) is 38.3 Å². The van der Waals surface area contributed by atoms with Crippen molar-refractivity contribution in [3.63, 3.8) is 0 Å². The fraction of sp³-hybridized carbons (Fsp3) is 0.533. The van der Waals surface area contributed by atoms with E-state index in [-0.39, 0.29) is 22.6 Å². The van der Waals surface area contributed by atoms with Gasteiger partial charge in [-0.15, -0.1) is 0 Å². The summed E-state index contributed by atoms with van der Waals surface area (Å²) < 4.78 is 42.0. The van der Waals surface area contributed by atoms with Gasteiger partial charge in [-0.25, -0.2) is 0 Å². The highest BCUT2D eigenvalue weighted by molar-refractivity contribution is 8.00. The lowest BCUT2D eigenvalue weighted by atomic mass is 10.2. The molecule has 0 atom stereocenters. The number of ether oxygens (including phenoxy) is 1. The summed E-state index contributed by atoms with van der Waals surface area (Å²) in [5, 5.41) is 2.72. The number of benzene rings is 1. The van der Waals surface area contributed by atoms with Crippen LogP contribution in [0, 0.1) is 5.92 Å². The molecule has 22 heavy (non-hydrogen) atoms. The van der Waals surface area contributed by atoms with Gasteiger partial charge in [-0.05, 0) is 61.2 Å². The smallest absolute Gasteiger partial charge is 0.381 e. The van der Waals surface area contributed by atoms with Gasteiger partial charge in [0.05, 0.1) is 0 Å². The van der Waals surface area contributed by atoms with Crippen molar-refractivity contribution >= 4 is 17.7 Å². The maximum atomic E-state index is 12.2. The first-order valence-electron chi connectivity index (χ1n) is 7.16. The molecule has 1 aliphatic carbocycles. The summed E-state index contributed by atoms with van der Waals surface area (Å²) in [5.74, 6) is 0.438. The van der Waals surface area contributed by atoms with Crippen molar-refractivity contribution in [1.29, 1.82) is 0 Å². The van der Waals surface area contributed by atoms with Crippen molar-refractivity contribution < 1.29 is 22.7 Å². The molecule has 0 saturated heterocycles. The number of hydrogen-bond donors (Lipinski definition) is 1. The van der Waals surface area contributed by atoms with Crippen molar-refractivity contribution in [3.05, 3.63) is 29.8 Å². The minimum absolute atomic E-state index is 0.0672. The van der Waals surface area contributed by atoms with Gasteiger partial charge in [0.15, 0.2) is 0 Å². The number of amides is 1. The SMILES string of the molecule is O=C(NCCCOCC1CC1)c1ccc(SC(F)(F)F)cc1. The average molecular weight is 333 g/mol. The summed E-state index contributed by atoms with van der Waals surface area (Å²) in [6, 6.07) is 5.39. The zero-order valence-corrected chi connectivity index (χ0v) is 12.8. The van der Waals surface area contributed by atoms with Crippen LogP contribution in [-0.2, 0) is 4.74 Å². The van der Waals surface area contributed by atoms with Crippen molar-refractivity contribution in [2.24, 2.45) is 5.92 Å². The van der Waals surface area contributed by atoms with Gasteiger partial charge in [0.25, 0.3) is 5.91 Å². The molecule has 122 valence electrons. The van der Waals surface area contributed by atoms with Gasteiger partial charge in [0.2, 0.25) is 0 Å². The molecule has 0 unspecified atom stereocenters. The zero-order chi connectivity index (χ0) is 16.0. The highest BCUT2D eigenvalue weighted by atomic mass is 32.2. The van der Waals surface area contributed by atoms with E-state index >= 15 is 0 Å². The van der Waals surface area contributed by atoms with E-state index < -0.39 is 5.51 Å². The molecule has 0 bridgehead atoms. The van der Waals surface area contributed by atoms with E-state index in [0.717, 1.165) is 18.9 Å². The fourth-order valence-corrected chi connectivity index (χ4v) is 2.36. The van der Waals surface area contributed by atoms with Crippen LogP contribution >= 0.6 is 11.8 Å². The minimum atomic E-state index is -4.32. The zero-order valence-electron chi connectivity index (χ0n) is 12.0. The van der Waals surface area contributed by atoms with Crippen LogP contribution in [0.3, 0.4) is 0 Å². The van der Waals surface area contributed by atoms with Crippen LogP contribution < -0.4 is 5.32 Å². The summed E-state index contributed by atoms with van der Waals surface area (Å²) in [6.07, 6.45) is 3.22. The predicted octanol–water partition coefficient (Wildman–Crippen LogP) is 3.85. The molecule has 0 aliphatic heterocycles. The van der Waals surface area contributed by atoms with Gasteiger partial charge in [0, 0.05) is 30.2 Å². The summed E-state index contributed by atoms with van der Waals surface area (Å²) in [5.41, 5.74) is -3.96. The Hall–Kier alpha value is -1.21. The summed E-state index contributed by atoms with van der Waals surface area (Å²) >= 11 is -0.193. The number of carbonyl (C=O) groups excluding carboxylic acids is 1. The van der Waals surface area contributed by atoms with Gasteiger partial charge in [0.1, 0.15) is 0 Å². The van der Waals surface area contributed by atoms with Crippen LogP contribution in [0.2, 0.25) is 0 Å². The number of thioether (sulfide) groups is 1. The standard InChI is InChI=1S/C15H18F3NO2S/c16-15(17,18)22-13-6-4-12(5-7-13)14(20)19-8-1-9-21-10-11-2-3-11/h4-7,11H,1-3,8-10H2,(H,19,20). The van der Waals surface area contributed by atoms with E-state index in [1.807, 2.05) is 0 Å². The molecule has 0 spiro atoms. The third-order valence-electron chi connectivity index (χ3n) is 3.15. The Balaban J connectivity index is 1.65. The Bertz CT molecular complexity index is 487. The number of rotatable bonds is 8. The fourth-order valence-electron chi connectivity index (χ4n) is 1.82. The van der Waals surface area contributed by atoms with Crippen LogP contribution in [0.25, 0.3) is 0 Å². The van der Waals surface area contributed by atoms with E-state index in [9.17, 15) is 18.0 Å². The summed E-state index contributed by atoms with van der Waals surface area (Å²) in [4.78, 5) is 11.9. The van der Waals surface area contributed by atoms with Gasteiger partial charge in [-0.1, -0.05) is 0 Å². The molecule has 1 fully saturated rings. The van der Waals surface area contributed by atoms with Crippen molar-refractivity contribution in [2.75, 3.05) is 19.8 Å². The van der Waals surface area contributed by atoms with E-state index in [4.69, 9.17) is 4.74 Å². The van der Waals surface area contributed by atoms with Crippen LogP contribution in [0.5, 0.6) is 0 Å². The molecule has 0 aromatic heterocycles. The second-order valence-corrected chi connectivity index (χ2v) is 6.34. The molecule has 1 aromatic carbocycles. The van der Waals surface area contributed by atoms with E-state index in [1.54, 1.807) is 0 Å². The van der Waals surface area contributed by atoms with Gasteiger partial charge >= 0.3 is 5.51 Å². The minimum Gasteiger partial charge on any atom is -0.381 e. The molecule has 2 rings (SSSR count). The Morgan fingerprint density at radius 2 is 1.95 bits per heavy atom. The monoisotopic (exact) mass is 333 g/mol. The molecular weight excluding hydrogens is 315 g/mol. The Morgan fingerprint density at radius 3 is 2.55 bits per heavy atom. The summed E-state index contributed by atoms with van der Waals surface area (Å²) in [7, 11) is 0. The lowest BCUT2D eigenvalue weighted by molar-refractivity contribution is -0.0328. The van der Waals surface area contributed by atoms with E-state index in [0.29, 0.717) is 18.7 Å². The molecule has 1 amide bonds. The average Bonchev–Trinajstić information content (AvgIpc) is 3.25. The van der Waals surface area contributed by atoms with Crippen LogP contribution in [0.15, 0.2) is 29.2 Å². The molecule has 1 aromatic rings. The molecule has 1 saturated carbocycles. The first-order chi connectivity index (χ1) is 10.4. The first-order valence-corrected chi connectivity index (χ1v) is 7.97. The van der Waals surface area contributed by atoms with Crippen molar-refractivity contribution in [2.45, 2.75) is 29.7 Å².